The van der Waals surface area contributed by atoms with E-state index in [0.29, 0.717) is 17.1 Å². The Balaban J connectivity index is 2.23. The van der Waals surface area contributed by atoms with Crippen molar-refractivity contribution in [3.05, 3.63) is 38.9 Å². The lowest BCUT2D eigenvalue weighted by atomic mass is 9.98. The summed E-state index contributed by atoms with van der Waals surface area (Å²) >= 11 is 6.10. The van der Waals surface area contributed by atoms with Gasteiger partial charge in [0.25, 0.3) is 5.69 Å². The van der Waals surface area contributed by atoms with Crippen LogP contribution in [0.15, 0.2) is 18.2 Å². The van der Waals surface area contributed by atoms with Crippen LogP contribution >= 0.6 is 11.6 Å². The lowest BCUT2D eigenvalue weighted by Crippen LogP contribution is -2.40. The summed E-state index contributed by atoms with van der Waals surface area (Å²) < 4.78 is 0. The fraction of sp³-hybridized carbons (Fsp3) is 0.500. The first-order valence-electron chi connectivity index (χ1n) is 6.86. The number of hydrogen-bond acceptors (Lipinski definition) is 4. The highest BCUT2D eigenvalue weighted by Crippen LogP contribution is 2.30. The molecule has 0 spiro atoms. The Hall–Kier alpha value is -1.66. The monoisotopic (exact) mass is 312 g/mol. The van der Waals surface area contributed by atoms with Crippen molar-refractivity contribution in [2.24, 2.45) is 0 Å². The molecular weight excluding hydrogens is 296 g/mol. The van der Waals surface area contributed by atoms with Gasteiger partial charge in [0.05, 0.1) is 21.9 Å². The van der Waals surface area contributed by atoms with Gasteiger partial charge in [-0.15, -0.1) is 0 Å². The van der Waals surface area contributed by atoms with Crippen LogP contribution in [-0.4, -0.2) is 33.5 Å². The van der Waals surface area contributed by atoms with Crippen LogP contribution in [0.25, 0.3) is 0 Å². The molecule has 0 aliphatic carbocycles. The number of carboxylic acid groups (broad SMARTS) is 1. The van der Waals surface area contributed by atoms with Crippen molar-refractivity contribution in [2.75, 3.05) is 6.54 Å². The minimum absolute atomic E-state index is 0.0119. The third-order valence-electron chi connectivity index (χ3n) is 3.81. The highest BCUT2D eigenvalue weighted by molar-refractivity contribution is 6.31. The Morgan fingerprint density at radius 2 is 2.24 bits per heavy atom. The molecule has 1 aromatic rings. The zero-order valence-electron chi connectivity index (χ0n) is 11.5. The van der Waals surface area contributed by atoms with Crippen molar-refractivity contribution in [3.8, 4) is 0 Å². The number of carbonyl (C=O) groups is 1. The molecule has 1 unspecified atom stereocenters. The Morgan fingerprint density at radius 3 is 2.90 bits per heavy atom. The standard InChI is InChI=1S/C14H17ClN2O4/c15-12-5-3-6-13(17(20)21)11(12)9-16-7-2-1-4-10(16)8-14(18)19/h3,5-6,10H,1-2,4,7-9H2,(H,18,19). The molecule has 1 aromatic carbocycles. The summed E-state index contributed by atoms with van der Waals surface area (Å²) in [5, 5.41) is 20.4. The number of aliphatic carboxylic acids is 1. The normalized spacial score (nSPS) is 19.4. The van der Waals surface area contributed by atoms with Crippen molar-refractivity contribution in [1.82, 2.24) is 4.90 Å². The average molecular weight is 313 g/mol. The molecule has 1 heterocycles. The minimum atomic E-state index is -0.847. The van der Waals surface area contributed by atoms with Crippen molar-refractivity contribution >= 4 is 23.3 Å². The van der Waals surface area contributed by atoms with Gasteiger partial charge in [-0.1, -0.05) is 24.1 Å². The molecule has 7 heteroatoms. The second kappa shape index (κ2) is 6.87. The van der Waals surface area contributed by atoms with Crippen molar-refractivity contribution in [2.45, 2.75) is 38.3 Å². The van der Waals surface area contributed by atoms with Gasteiger partial charge in [0.2, 0.25) is 0 Å². The minimum Gasteiger partial charge on any atom is -0.481 e. The Bertz CT molecular complexity index is 550. The van der Waals surface area contributed by atoms with E-state index in [9.17, 15) is 14.9 Å². The predicted molar refractivity (Wildman–Crippen MR) is 78.4 cm³/mol. The van der Waals surface area contributed by atoms with Gasteiger partial charge >= 0.3 is 5.97 Å². The number of rotatable bonds is 5. The van der Waals surface area contributed by atoms with Crippen molar-refractivity contribution in [1.29, 1.82) is 0 Å². The molecule has 21 heavy (non-hydrogen) atoms. The third kappa shape index (κ3) is 3.92. The smallest absolute Gasteiger partial charge is 0.304 e. The van der Waals surface area contributed by atoms with Gasteiger partial charge in [-0.3, -0.25) is 19.8 Å². The van der Waals surface area contributed by atoms with E-state index in [0.717, 1.165) is 25.8 Å². The van der Waals surface area contributed by atoms with Crippen LogP contribution in [0.2, 0.25) is 5.02 Å². The summed E-state index contributed by atoms with van der Waals surface area (Å²) in [5.74, 6) is -0.847. The first kappa shape index (κ1) is 15.7. The number of piperidine rings is 1. The van der Waals surface area contributed by atoms with E-state index in [1.165, 1.54) is 6.07 Å². The highest BCUT2D eigenvalue weighted by atomic mass is 35.5. The van der Waals surface area contributed by atoms with E-state index < -0.39 is 10.9 Å². The van der Waals surface area contributed by atoms with Crippen LogP contribution in [0.4, 0.5) is 5.69 Å². The van der Waals surface area contributed by atoms with Crippen LogP contribution in [-0.2, 0) is 11.3 Å². The quantitative estimate of drug-likeness (QED) is 0.667. The first-order valence-corrected chi connectivity index (χ1v) is 7.24. The Kier molecular flexibility index (Phi) is 5.14. The summed E-state index contributed by atoms with van der Waals surface area (Å²) in [6.45, 7) is 1.05. The summed E-state index contributed by atoms with van der Waals surface area (Å²) in [5.41, 5.74) is 0.448. The molecule has 1 saturated heterocycles. The van der Waals surface area contributed by atoms with E-state index in [1.807, 2.05) is 4.90 Å². The van der Waals surface area contributed by atoms with E-state index in [-0.39, 0.29) is 18.2 Å². The van der Waals surface area contributed by atoms with E-state index in [4.69, 9.17) is 16.7 Å². The topological polar surface area (TPSA) is 83.7 Å². The molecule has 114 valence electrons. The van der Waals surface area contributed by atoms with Gasteiger partial charge < -0.3 is 5.11 Å². The van der Waals surface area contributed by atoms with Crippen LogP contribution in [0.5, 0.6) is 0 Å². The SMILES string of the molecule is O=C(O)CC1CCCCN1Cc1c(Cl)cccc1[N+](=O)[O-]. The highest BCUT2D eigenvalue weighted by Gasteiger charge is 2.27. The number of hydrogen-bond donors (Lipinski definition) is 1. The van der Waals surface area contributed by atoms with E-state index in [2.05, 4.69) is 0 Å². The molecular formula is C14H17ClN2O4. The molecule has 1 atom stereocenters. The number of nitro groups is 1. The number of nitro benzene ring substituents is 1. The van der Waals surface area contributed by atoms with Gasteiger partial charge in [-0.2, -0.15) is 0 Å². The second-order valence-electron chi connectivity index (χ2n) is 5.21. The predicted octanol–water partition coefficient (Wildman–Crippen LogP) is 3.08. The van der Waals surface area contributed by atoms with E-state index >= 15 is 0 Å². The van der Waals surface area contributed by atoms with Gasteiger partial charge in [0.15, 0.2) is 0 Å². The Morgan fingerprint density at radius 1 is 1.48 bits per heavy atom. The molecule has 0 bridgehead atoms. The van der Waals surface area contributed by atoms with Crippen LogP contribution in [0, 0.1) is 10.1 Å². The maximum Gasteiger partial charge on any atom is 0.304 e. The molecule has 0 amide bonds. The molecule has 1 fully saturated rings. The molecule has 0 aromatic heterocycles. The van der Waals surface area contributed by atoms with Gasteiger partial charge in [0, 0.05) is 18.7 Å². The largest absolute Gasteiger partial charge is 0.481 e. The average Bonchev–Trinajstić information content (AvgIpc) is 2.42. The number of likely N-dealkylation sites (tertiary alicyclic amines) is 1. The zero-order chi connectivity index (χ0) is 15.4. The molecule has 1 N–H and O–H groups in total. The lowest BCUT2D eigenvalue weighted by molar-refractivity contribution is -0.385. The zero-order valence-corrected chi connectivity index (χ0v) is 12.3. The summed E-state index contributed by atoms with van der Waals surface area (Å²) in [4.78, 5) is 23.6. The van der Waals surface area contributed by atoms with Crippen LogP contribution < -0.4 is 0 Å². The fourth-order valence-electron chi connectivity index (χ4n) is 2.78. The number of halogens is 1. The molecule has 0 radical (unpaired) electrons. The molecule has 1 aliphatic heterocycles. The first-order chi connectivity index (χ1) is 9.99. The summed E-state index contributed by atoms with van der Waals surface area (Å²) in [7, 11) is 0. The second-order valence-corrected chi connectivity index (χ2v) is 5.62. The molecule has 1 aliphatic rings. The van der Waals surface area contributed by atoms with E-state index in [1.54, 1.807) is 12.1 Å². The maximum atomic E-state index is 11.1. The lowest BCUT2D eigenvalue weighted by Gasteiger charge is -2.34. The van der Waals surface area contributed by atoms with Crippen molar-refractivity contribution in [3.63, 3.8) is 0 Å². The van der Waals surface area contributed by atoms with Gasteiger partial charge in [-0.05, 0) is 25.5 Å². The van der Waals surface area contributed by atoms with Crippen LogP contribution in [0.3, 0.4) is 0 Å². The number of nitrogens with zero attached hydrogens (tertiary/aromatic N) is 2. The number of benzene rings is 1. The van der Waals surface area contributed by atoms with Crippen molar-refractivity contribution < 1.29 is 14.8 Å². The summed E-state index contributed by atoms with van der Waals surface area (Å²) in [6, 6.07) is 4.51. The Labute approximate surface area is 127 Å². The van der Waals surface area contributed by atoms with Gasteiger partial charge in [-0.25, -0.2) is 0 Å². The van der Waals surface area contributed by atoms with Crippen LogP contribution in [0.1, 0.15) is 31.2 Å². The third-order valence-corrected chi connectivity index (χ3v) is 4.17. The molecule has 0 saturated carbocycles. The van der Waals surface area contributed by atoms with Gasteiger partial charge in [0.1, 0.15) is 0 Å². The summed E-state index contributed by atoms with van der Waals surface area (Å²) in [6.07, 6.45) is 2.80. The molecule has 6 nitrogen and oxygen atoms in total. The maximum absolute atomic E-state index is 11.1. The fourth-order valence-corrected chi connectivity index (χ4v) is 3.01. The molecule has 2 rings (SSSR count). The number of carboxylic acids is 1.